The van der Waals surface area contributed by atoms with E-state index in [9.17, 15) is 4.79 Å². The molecule has 3 saturated carbocycles. The molecular formula is C13H22O2Si. The fraction of sp³-hybridized carbons (Fsp3) is 0.923. The largest absolute Gasteiger partial charge is 0.413 e. The standard InChI is InChI=1S/C13H22O2Si/c1-12(2,3)7-6-8-11(14)10-9(7)13(8,10)15-16(4)5/h7-10,16H,6H2,1-5H3. The van der Waals surface area contributed by atoms with Crippen molar-refractivity contribution >= 4 is 14.8 Å². The SMILES string of the molecule is C[SiH](C)OC12C3CC(C(C)(C)C)C1C2C3=O. The maximum absolute atomic E-state index is 11.9. The van der Waals surface area contributed by atoms with Gasteiger partial charge in [-0.05, 0) is 30.8 Å². The summed E-state index contributed by atoms with van der Waals surface area (Å²) in [7, 11) is -1.02. The highest BCUT2D eigenvalue weighted by molar-refractivity contribution is 6.48. The Bertz CT molecular complexity index is 357. The van der Waals surface area contributed by atoms with Crippen molar-refractivity contribution in [1.29, 1.82) is 0 Å². The van der Waals surface area contributed by atoms with Crippen LogP contribution in [0.1, 0.15) is 27.2 Å². The molecule has 3 heteroatoms. The lowest BCUT2D eigenvalue weighted by Gasteiger charge is -2.37. The minimum atomic E-state index is -1.02. The van der Waals surface area contributed by atoms with Gasteiger partial charge < -0.3 is 4.43 Å². The van der Waals surface area contributed by atoms with Crippen molar-refractivity contribution < 1.29 is 9.22 Å². The molecule has 90 valence electrons. The van der Waals surface area contributed by atoms with Crippen LogP contribution in [0.5, 0.6) is 0 Å². The number of rotatable bonds is 2. The van der Waals surface area contributed by atoms with Gasteiger partial charge in [0.15, 0.2) is 9.04 Å². The van der Waals surface area contributed by atoms with E-state index in [1.807, 2.05) is 0 Å². The van der Waals surface area contributed by atoms with Gasteiger partial charge in [-0.15, -0.1) is 0 Å². The molecule has 0 aliphatic heterocycles. The Morgan fingerprint density at radius 3 is 2.44 bits per heavy atom. The molecule has 0 aromatic rings. The number of Topliss-reactive ketones (excluding diaryl/α,β-unsaturated/α-hetero) is 1. The van der Waals surface area contributed by atoms with Crippen molar-refractivity contribution in [2.24, 2.45) is 29.1 Å². The van der Waals surface area contributed by atoms with Gasteiger partial charge in [-0.25, -0.2) is 0 Å². The summed E-state index contributed by atoms with van der Waals surface area (Å²) in [6.45, 7) is 11.4. The molecule has 0 heterocycles. The van der Waals surface area contributed by atoms with Crippen molar-refractivity contribution in [2.75, 3.05) is 0 Å². The number of fused-ring (bicyclic) bond motifs is 1. The van der Waals surface area contributed by atoms with Crippen molar-refractivity contribution in [1.82, 2.24) is 0 Å². The van der Waals surface area contributed by atoms with Crippen LogP contribution in [-0.2, 0) is 9.22 Å². The monoisotopic (exact) mass is 238 g/mol. The molecule has 3 fully saturated rings. The number of hydrogen-bond donors (Lipinski definition) is 0. The van der Waals surface area contributed by atoms with Crippen LogP contribution in [0.3, 0.4) is 0 Å². The van der Waals surface area contributed by atoms with E-state index < -0.39 is 9.04 Å². The molecule has 0 bridgehead atoms. The van der Waals surface area contributed by atoms with E-state index in [1.54, 1.807) is 0 Å². The lowest BCUT2D eigenvalue weighted by Crippen LogP contribution is -2.48. The maximum Gasteiger partial charge on any atom is 0.171 e. The summed E-state index contributed by atoms with van der Waals surface area (Å²) in [5.74, 6) is 2.35. The van der Waals surface area contributed by atoms with E-state index in [4.69, 9.17) is 4.43 Å². The Kier molecular flexibility index (Phi) is 1.92. The Morgan fingerprint density at radius 1 is 1.38 bits per heavy atom. The second-order valence-electron chi connectivity index (χ2n) is 7.19. The van der Waals surface area contributed by atoms with Crippen LogP contribution in [0, 0.1) is 29.1 Å². The second-order valence-corrected chi connectivity index (χ2v) is 9.52. The minimum absolute atomic E-state index is 0.0510. The third kappa shape index (κ3) is 1.04. The van der Waals surface area contributed by atoms with Gasteiger partial charge in [-0.1, -0.05) is 20.8 Å². The van der Waals surface area contributed by atoms with E-state index in [0.717, 1.165) is 6.42 Å². The average molecular weight is 238 g/mol. The Morgan fingerprint density at radius 2 is 2.00 bits per heavy atom. The van der Waals surface area contributed by atoms with Gasteiger partial charge in [-0.3, -0.25) is 4.79 Å². The first-order chi connectivity index (χ1) is 7.30. The number of carbonyl (C=O) groups excluding carboxylic acids is 1. The van der Waals surface area contributed by atoms with Crippen molar-refractivity contribution in [2.45, 2.75) is 45.9 Å². The quantitative estimate of drug-likeness (QED) is 0.690. The molecule has 0 radical (unpaired) electrons. The van der Waals surface area contributed by atoms with E-state index in [1.165, 1.54) is 0 Å². The summed E-state index contributed by atoms with van der Waals surface area (Å²) in [4.78, 5) is 11.9. The first-order valence-electron chi connectivity index (χ1n) is 6.51. The van der Waals surface area contributed by atoms with Gasteiger partial charge in [0.1, 0.15) is 5.78 Å². The van der Waals surface area contributed by atoms with Crippen LogP contribution in [0.4, 0.5) is 0 Å². The van der Waals surface area contributed by atoms with Gasteiger partial charge in [0.05, 0.1) is 11.5 Å². The summed E-state index contributed by atoms with van der Waals surface area (Å²) < 4.78 is 6.25. The average Bonchev–Trinajstić information content (AvgIpc) is 2.56. The normalized spacial score (nSPS) is 49.2. The van der Waals surface area contributed by atoms with Crippen molar-refractivity contribution in [3.8, 4) is 0 Å². The molecule has 16 heavy (non-hydrogen) atoms. The third-order valence-electron chi connectivity index (χ3n) is 4.93. The highest BCUT2D eigenvalue weighted by Gasteiger charge is 2.88. The third-order valence-corrected chi connectivity index (χ3v) is 5.81. The van der Waals surface area contributed by atoms with Crippen molar-refractivity contribution in [3.63, 3.8) is 0 Å². The minimum Gasteiger partial charge on any atom is -0.413 e. The molecule has 0 spiro atoms. The van der Waals surface area contributed by atoms with Gasteiger partial charge in [0.25, 0.3) is 0 Å². The highest BCUT2D eigenvalue weighted by Crippen LogP contribution is 2.79. The number of carbonyl (C=O) groups is 1. The Labute approximate surface area is 99.5 Å². The summed E-state index contributed by atoms with van der Waals surface area (Å²) in [5, 5.41) is 0. The van der Waals surface area contributed by atoms with Crippen LogP contribution >= 0.6 is 0 Å². The van der Waals surface area contributed by atoms with Crippen molar-refractivity contribution in [3.05, 3.63) is 0 Å². The van der Waals surface area contributed by atoms with E-state index >= 15 is 0 Å². The molecule has 3 aliphatic carbocycles. The maximum atomic E-state index is 11.9. The lowest BCUT2D eigenvalue weighted by atomic mass is 9.69. The predicted octanol–water partition coefficient (Wildman–Crippen LogP) is 2.24. The van der Waals surface area contributed by atoms with Crippen LogP contribution < -0.4 is 0 Å². The lowest BCUT2D eigenvalue weighted by molar-refractivity contribution is -0.140. The summed E-state index contributed by atoms with van der Waals surface area (Å²) >= 11 is 0. The highest BCUT2D eigenvalue weighted by atomic mass is 28.3. The van der Waals surface area contributed by atoms with Gasteiger partial charge in [-0.2, -0.15) is 0 Å². The second kappa shape index (κ2) is 2.81. The number of ketones is 1. The fourth-order valence-corrected chi connectivity index (χ4v) is 5.67. The van der Waals surface area contributed by atoms with E-state index in [-0.39, 0.29) is 11.5 Å². The molecule has 0 saturated heterocycles. The molecule has 0 N–H and O–H groups in total. The Balaban J connectivity index is 1.85. The molecule has 0 aromatic heterocycles. The topological polar surface area (TPSA) is 26.3 Å². The predicted molar refractivity (Wildman–Crippen MR) is 65.7 cm³/mol. The molecule has 3 rings (SSSR count). The molecule has 2 nitrogen and oxygen atoms in total. The zero-order valence-corrected chi connectivity index (χ0v) is 12.1. The molecule has 0 amide bonds. The summed E-state index contributed by atoms with van der Waals surface area (Å²) in [6, 6.07) is 0. The fourth-order valence-electron chi connectivity index (χ4n) is 4.38. The molecule has 3 aliphatic rings. The Hall–Kier alpha value is -0.153. The number of hydrogen-bond acceptors (Lipinski definition) is 2. The van der Waals surface area contributed by atoms with Crippen LogP contribution in [-0.4, -0.2) is 20.4 Å². The van der Waals surface area contributed by atoms with Crippen LogP contribution in [0.25, 0.3) is 0 Å². The van der Waals surface area contributed by atoms with E-state index in [2.05, 4.69) is 33.9 Å². The van der Waals surface area contributed by atoms with Gasteiger partial charge in [0.2, 0.25) is 0 Å². The molecule has 0 aromatic carbocycles. The van der Waals surface area contributed by atoms with Gasteiger partial charge >= 0.3 is 0 Å². The zero-order chi connectivity index (χ0) is 11.9. The zero-order valence-electron chi connectivity index (χ0n) is 10.9. The smallest absolute Gasteiger partial charge is 0.171 e. The van der Waals surface area contributed by atoms with Crippen LogP contribution in [0.15, 0.2) is 0 Å². The summed E-state index contributed by atoms with van der Waals surface area (Å²) in [6.07, 6.45) is 1.09. The molecular weight excluding hydrogens is 216 g/mol. The van der Waals surface area contributed by atoms with Crippen LogP contribution in [0.2, 0.25) is 13.1 Å². The first kappa shape index (κ1) is 11.0. The van der Waals surface area contributed by atoms with Gasteiger partial charge in [0, 0.05) is 11.8 Å². The molecule has 5 atom stereocenters. The van der Waals surface area contributed by atoms with E-state index in [0.29, 0.717) is 29.0 Å². The summed E-state index contributed by atoms with van der Waals surface area (Å²) in [5.41, 5.74) is 0.386. The molecule has 5 unspecified atom stereocenters. The first-order valence-corrected chi connectivity index (χ1v) is 9.29.